The molecule has 86 valence electrons. The van der Waals surface area contributed by atoms with Gasteiger partial charge in [0, 0.05) is 25.4 Å². The van der Waals surface area contributed by atoms with E-state index in [2.05, 4.69) is 37.4 Å². The van der Waals surface area contributed by atoms with Gasteiger partial charge in [0.15, 0.2) is 0 Å². The number of nitrogens with zero attached hydrogens (tertiary/aromatic N) is 2. The minimum atomic E-state index is 0.152. The fraction of sp³-hybridized carbons (Fsp3) is 0.727. The maximum absolute atomic E-state index is 5.36. The van der Waals surface area contributed by atoms with Gasteiger partial charge in [0.25, 0.3) is 0 Å². The van der Waals surface area contributed by atoms with Gasteiger partial charge in [-0.3, -0.25) is 4.68 Å². The Hall–Kier alpha value is -0.870. The van der Waals surface area contributed by atoms with E-state index in [0.717, 1.165) is 13.1 Å². The van der Waals surface area contributed by atoms with Crippen molar-refractivity contribution in [3.05, 3.63) is 18.0 Å². The first-order valence-electron chi connectivity index (χ1n) is 5.51. The molecule has 15 heavy (non-hydrogen) atoms. The van der Waals surface area contributed by atoms with Gasteiger partial charge in [-0.15, -0.1) is 0 Å². The van der Waals surface area contributed by atoms with Crippen LogP contribution >= 0.6 is 0 Å². The van der Waals surface area contributed by atoms with E-state index >= 15 is 0 Å². The smallest absolute Gasteiger partial charge is 0.0739 e. The lowest BCUT2D eigenvalue weighted by molar-refractivity contribution is 0.0835. The van der Waals surface area contributed by atoms with Crippen LogP contribution in [0.25, 0.3) is 0 Å². The molecule has 2 unspecified atom stereocenters. The number of likely N-dealkylation sites (N-methyl/N-ethyl adjacent to an activating group) is 1. The standard InChI is InChI=1S/C11H21N3O/c1-5-12-11(9(3)15-4)10-7-13-14(6-2)8-10/h7-9,11-12H,5-6H2,1-4H3. The lowest BCUT2D eigenvalue weighted by atomic mass is 10.1. The summed E-state index contributed by atoms with van der Waals surface area (Å²) in [4.78, 5) is 0. The third-order valence-corrected chi connectivity index (χ3v) is 2.60. The fourth-order valence-corrected chi connectivity index (χ4v) is 1.62. The molecule has 0 spiro atoms. The summed E-state index contributed by atoms with van der Waals surface area (Å²) in [6, 6.07) is 0.222. The van der Waals surface area contributed by atoms with Crippen LogP contribution in [0.15, 0.2) is 12.4 Å². The van der Waals surface area contributed by atoms with Gasteiger partial charge < -0.3 is 10.1 Å². The SMILES string of the molecule is CCNC(c1cnn(CC)c1)C(C)OC. The lowest BCUT2D eigenvalue weighted by Crippen LogP contribution is -2.31. The van der Waals surface area contributed by atoms with Crippen LogP contribution < -0.4 is 5.32 Å². The number of aryl methyl sites for hydroxylation is 1. The van der Waals surface area contributed by atoms with Crippen LogP contribution in [0.1, 0.15) is 32.4 Å². The number of hydrogen-bond acceptors (Lipinski definition) is 3. The molecule has 0 bridgehead atoms. The summed E-state index contributed by atoms with van der Waals surface area (Å²) in [5.74, 6) is 0. The zero-order valence-electron chi connectivity index (χ0n) is 10.0. The monoisotopic (exact) mass is 211 g/mol. The molecule has 1 aromatic heterocycles. The van der Waals surface area contributed by atoms with Crippen molar-refractivity contribution in [2.45, 2.75) is 39.5 Å². The van der Waals surface area contributed by atoms with E-state index in [9.17, 15) is 0 Å². The minimum Gasteiger partial charge on any atom is -0.380 e. The summed E-state index contributed by atoms with van der Waals surface area (Å²) in [5.41, 5.74) is 1.19. The summed E-state index contributed by atoms with van der Waals surface area (Å²) in [6.45, 7) is 8.07. The average Bonchev–Trinajstić information content (AvgIpc) is 2.73. The second-order valence-corrected chi connectivity index (χ2v) is 3.61. The Bertz CT molecular complexity index is 285. The molecule has 1 N–H and O–H groups in total. The zero-order chi connectivity index (χ0) is 11.3. The summed E-state index contributed by atoms with van der Waals surface area (Å²) in [7, 11) is 1.74. The van der Waals surface area contributed by atoms with E-state index in [4.69, 9.17) is 4.74 Å². The first-order chi connectivity index (χ1) is 7.22. The van der Waals surface area contributed by atoms with Crippen LogP contribution in [0.2, 0.25) is 0 Å². The molecule has 0 fully saturated rings. The topological polar surface area (TPSA) is 39.1 Å². The van der Waals surface area contributed by atoms with Crippen molar-refractivity contribution >= 4 is 0 Å². The molecule has 0 aliphatic heterocycles. The van der Waals surface area contributed by atoms with Gasteiger partial charge >= 0.3 is 0 Å². The van der Waals surface area contributed by atoms with E-state index < -0.39 is 0 Å². The normalized spacial score (nSPS) is 15.2. The molecule has 0 aliphatic rings. The highest BCUT2D eigenvalue weighted by Crippen LogP contribution is 2.17. The van der Waals surface area contributed by atoms with Gasteiger partial charge in [-0.05, 0) is 20.4 Å². The summed E-state index contributed by atoms with van der Waals surface area (Å²) in [5, 5.41) is 7.68. The number of methoxy groups -OCH3 is 1. The molecule has 4 heteroatoms. The van der Waals surface area contributed by atoms with Gasteiger partial charge in [0.2, 0.25) is 0 Å². The van der Waals surface area contributed by atoms with Crippen LogP contribution in [0, 0.1) is 0 Å². The van der Waals surface area contributed by atoms with Crippen molar-refractivity contribution < 1.29 is 4.74 Å². The molecule has 1 aromatic rings. The van der Waals surface area contributed by atoms with Gasteiger partial charge in [-0.2, -0.15) is 5.10 Å². The molecule has 0 saturated carbocycles. The maximum atomic E-state index is 5.36. The molecule has 0 saturated heterocycles. The molecule has 0 amide bonds. The predicted octanol–water partition coefficient (Wildman–Crippen LogP) is 1.59. The summed E-state index contributed by atoms with van der Waals surface area (Å²) in [6.07, 6.45) is 4.13. The molecule has 0 aliphatic carbocycles. The summed E-state index contributed by atoms with van der Waals surface area (Å²) >= 11 is 0. The number of aromatic nitrogens is 2. The van der Waals surface area contributed by atoms with E-state index in [1.54, 1.807) is 7.11 Å². The van der Waals surface area contributed by atoms with Gasteiger partial charge in [-0.1, -0.05) is 6.92 Å². The first kappa shape index (κ1) is 12.2. The van der Waals surface area contributed by atoms with Crippen LogP contribution in [0.5, 0.6) is 0 Å². The molecule has 0 radical (unpaired) electrons. The average molecular weight is 211 g/mol. The number of ether oxygens (including phenoxy) is 1. The Morgan fingerprint density at radius 2 is 2.27 bits per heavy atom. The molecule has 0 aromatic carbocycles. The Morgan fingerprint density at radius 3 is 2.73 bits per heavy atom. The van der Waals surface area contributed by atoms with Gasteiger partial charge in [0.05, 0.1) is 18.3 Å². The third kappa shape index (κ3) is 3.04. The van der Waals surface area contributed by atoms with Crippen molar-refractivity contribution in [1.29, 1.82) is 0 Å². The van der Waals surface area contributed by atoms with Crippen molar-refractivity contribution in [2.24, 2.45) is 0 Å². The van der Waals surface area contributed by atoms with Crippen molar-refractivity contribution in [3.63, 3.8) is 0 Å². The number of rotatable bonds is 6. The molecule has 1 heterocycles. The van der Waals surface area contributed by atoms with Crippen molar-refractivity contribution in [3.8, 4) is 0 Å². The second kappa shape index (κ2) is 5.88. The quantitative estimate of drug-likeness (QED) is 0.776. The predicted molar refractivity (Wildman–Crippen MR) is 60.8 cm³/mol. The van der Waals surface area contributed by atoms with Crippen LogP contribution in [-0.2, 0) is 11.3 Å². The Kier molecular flexibility index (Phi) is 4.78. The van der Waals surface area contributed by atoms with E-state index in [-0.39, 0.29) is 12.1 Å². The Balaban J connectivity index is 2.78. The van der Waals surface area contributed by atoms with Crippen LogP contribution in [0.4, 0.5) is 0 Å². The molecule has 2 atom stereocenters. The molecule has 1 rings (SSSR count). The lowest BCUT2D eigenvalue weighted by Gasteiger charge is -2.22. The second-order valence-electron chi connectivity index (χ2n) is 3.61. The summed E-state index contributed by atoms with van der Waals surface area (Å²) < 4.78 is 7.30. The zero-order valence-corrected chi connectivity index (χ0v) is 10.0. The Morgan fingerprint density at radius 1 is 1.53 bits per heavy atom. The number of nitrogens with one attached hydrogen (secondary N) is 1. The van der Waals surface area contributed by atoms with E-state index in [0.29, 0.717) is 0 Å². The third-order valence-electron chi connectivity index (χ3n) is 2.60. The van der Waals surface area contributed by atoms with Gasteiger partial charge in [0.1, 0.15) is 0 Å². The minimum absolute atomic E-state index is 0.152. The van der Waals surface area contributed by atoms with Gasteiger partial charge in [-0.25, -0.2) is 0 Å². The maximum Gasteiger partial charge on any atom is 0.0739 e. The first-order valence-corrected chi connectivity index (χ1v) is 5.51. The number of hydrogen-bond donors (Lipinski definition) is 1. The highest BCUT2D eigenvalue weighted by atomic mass is 16.5. The Labute approximate surface area is 91.6 Å². The molecular weight excluding hydrogens is 190 g/mol. The van der Waals surface area contributed by atoms with Crippen LogP contribution in [0.3, 0.4) is 0 Å². The van der Waals surface area contributed by atoms with E-state index in [1.807, 2.05) is 10.9 Å². The van der Waals surface area contributed by atoms with Crippen molar-refractivity contribution in [1.82, 2.24) is 15.1 Å². The molecule has 4 nitrogen and oxygen atoms in total. The highest BCUT2D eigenvalue weighted by Gasteiger charge is 2.19. The molecular formula is C11H21N3O. The van der Waals surface area contributed by atoms with Crippen molar-refractivity contribution in [2.75, 3.05) is 13.7 Å². The van der Waals surface area contributed by atoms with E-state index in [1.165, 1.54) is 5.56 Å². The highest BCUT2D eigenvalue weighted by molar-refractivity contribution is 5.12. The fourth-order valence-electron chi connectivity index (χ4n) is 1.62. The van der Waals surface area contributed by atoms with Crippen LogP contribution in [-0.4, -0.2) is 29.5 Å². The largest absolute Gasteiger partial charge is 0.380 e.